The molecule has 46 valence electrons. The molecule has 0 fully saturated rings. The van der Waals surface area contributed by atoms with Crippen LogP contribution in [-0.4, -0.2) is 51.4 Å². The second-order valence-electron chi connectivity index (χ2n) is 1.59. The van der Waals surface area contributed by atoms with E-state index >= 15 is 0 Å². The molecular formula is C7H5IKN. The first-order chi connectivity index (χ1) is 4.34. The Hall–Kier alpha value is 1.08. The fourth-order valence-corrected chi connectivity index (χ4v) is 1.06. The Bertz CT molecular complexity index is 254. The van der Waals surface area contributed by atoms with Crippen molar-refractivity contribution in [3.05, 3.63) is 33.4 Å². The van der Waals surface area contributed by atoms with Crippen LogP contribution in [0.1, 0.15) is 5.56 Å². The average molecular weight is 269 g/mol. The number of nitriles is 1. The molecule has 1 aromatic rings. The fraction of sp³-hybridized carbons (Fsp3) is 0. The van der Waals surface area contributed by atoms with Crippen molar-refractivity contribution in [3.8, 4) is 6.07 Å². The molecule has 1 rings (SSSR count). The van der Waals surface area contributed by atoms with Crippen molar-refractivity contribution in [3.63, 3.8) is 0 Å². The molecule has 0 atom stereocenters. The van der Waals surface area contributed by atoms with Crippen molar-refractivity contribution in [2.75, 3.05) is 0 Å². The van der Waals surface area contributed by atoms with Gasteiger partial charge in [0, 0.05) is 3.57 Å². The molecule has 0 aliphatic rings. The van der Waals surface area contributed by atoms with Gasteiger partial charge in [0.05, 0.1) is 5.56 Å². The second-order valence-corrected chi connectivity index (χ2v) is 2.75. The Morgan fingerprint density at radius 2 is 1.90 bits per heavy atom. The summed E-state index contributed by atoms with van der Waals surface area (Å²) in [6, 6.07) is 9.59. The second kappa shape index (κ2) is 5.69. The first-order valence-electron chi connectivity index (χ1n) is 2.49. The molecule has 3 heteroatoms. The maximum atomic E-state index is 8.46. The van der Waals surface area contributed by atoms with Crippen LogP contribution in [0.5, 0.6) is 0 Å². The summed E-state index contributed by atoms with van der Waals surface area (Å²) in [6.45, 7) is 0. The molecule has 0 aromatic heterocycles. The number of nitrogens with zero attached hydrogens (tertiary/aromatic N) is 1. The summed E-state index contributed by atoms with van der Waals surface area (Å²) in [5, 5.41) is 8.46. The monoisotopic (exact) mass is 269 g/mol. The van der Waals surface area contributed by atoms with Gasteiger partial charge in [0.25, 0.3) is 0 Å². The fourth-order valence-electron chi connectivity index (χ4n) is 0.552. The van der Waals surface area contributed by atoms with Crippen LogP contribution < -0.4 is 0 Å². The number of benzene rings is 1. The summed E-state index contributed by atoms with van der Waals surface area (Å²) in [6.07, 6.45) is 0. The summed E-state index contributed by atoms with van der Waals surface area (Å²) in [5.74, 6) is 0. The van der Waals surface area contributed by atoms with E-state index in [4.69, 9.17) is 5.26 Å². The SMILES string of the molecule is N#Cc1ccccc1I.[KH]. The third-order valence-corrected chi connectivity index (χ3v) is 1.93. The molecule has 0 aliphatic carbocycles. The molecule has 0 saturated heterocycles. The van der Waals surface area contributed by atoms with E-state index < -0.39 is 0 Å². The van der Waals surface area contributed by atoms with Gasteiger partial charge in [0.2, 0.25) is 0 Å². The van der Waals surface area contributed by atoms with Gasteiger partial charge in [-0.1, -0.05) is 12.1 Å². The third kappa shape index (κ3) is 2.99. The minimum absolute atomic E-state index is 0. The van der Waals surface area contributed by atoms with Crippen molar-refractivity contribution in [2.45, 2.75) is 0 Å². The number of hydrogen-bond acceptors (Lipinski definition) is 1. The van der Waals surface area contributed by atoms with Gasteiger partial charge in [0.1, 0.15) is 6.07 Å². The van der Waals surface area contributed by atoms with Crippen molar-refractivity contribution in [1.82, 2.24) is 0 Å². The number of rotatable bonds is 0. The molecule has 1 aromatic carbocycles. The van der Waals surface area contributed by atoms with E-state index in [1.165, 1.54) is 0 Å². The van der Waals surface area contributed by atoms with Gasteiger partial charge >= 0.3 is 51.4 Å². The van der Waals surface area contributed by atoms with E-state index in [-0.39, 0.29) is 51.4 Å². The Morgan fingerprint density at radius 1 is 1.30 bits per heavy atom. The van der Waals surface area contributed by atoms with Gasteiger partial charge in [0.15, 0.2) is 0 Å². The van der Waals surface area contributed by atoms with Crippen molar-refractivity contribution < 1.29 is 0 Å². The Labute approximate surface area is 116 Å². The zero-order chi connectivity index (χ0) is 6.69. The normalized spacial score (nSPS) is 7.60. The molecule has 0 amide bonds. The standard InChI is InChI=1S/C7H4IN.K.H/c8-7-4-2-1-3-6(7)5-9;;/h1-4H;;. The molecule has 0 bridgehead atoms. The van der Waals surface area contributed by atoms with E-state index in [1.54, 1.807) is 0 Å². The van der Waals surface area contributed by atoms with Crippen LogP contribution in [0.3, 0.4) is 0 Å². The molecule has 0 unspecified atom stereocenters. The molecule has 10 heavy (non-hydrogen) atoms. The third-order valence-electron chi connectivity index (χ3n) is 0.994. The molecule has 0 aliphatic heterocycles. The van der Waals surface area contributed by atoms with Gasteiger partial charge < -0.3 is 0 Å². The van der Waals surface area contributed by atoms with Crippen LogP contribution in [0.15, 0.2) is 24.3 Å². The van der Waals surface area contributed by atoms with Gasteiger partial charge in [-0.15, -0.1) is 0 Å². The molecule has 0 radical (unpaired) electrons. The van der Waals surface area contributed by atoms with E-state index in [0.717, 1.165) is 9.13 Å². The topological polar surface area (TPSA) is 23.8 Å². The number of halogens is 1. The van der Waals surface area contributed by atoms with Crippen LogP contribution in [-0.2, 0) is 0 Å². The van der Waals surface area contributed by atoms with E-state index in [1.807, 2.05) is 24.3 Å². The summed E-state index contributed by atoms with van der Waals surface area (Å²) in [7, 11) is 0. The van der Waals surface area contributed by atoms with Gasteiger partial charge in [-0.05, 0) is 34.7 Å². The van der Waals surface area contributed by atoms with E-state index in [9.17, 15) is 0 Å². The van der Waals surface area contributed by atoms with Crippen LogP contribution in [0.25, 0.3) is 0 Å². The molecule has 0 spiro atoms. The summed E-state index contributed by atoms with van der Waals surface area (Å²) in [5.41, 5.74) is 0.748. The molecular weight excluding hydrogens is 264 g/mol. The van der Waals surface area contributed by atoms with Crippen LogP contribution in [0.4, 0.5) is 0 Å². The van der Waals surface area contributed by atoms with Gasteiger partial charge in [-0.2, -0.15) is 5.26 Å². The summed E-state index contributed by atoms with van der Waals surface area (Å²) >= 11 is 2.14. The van der Waals surface area contributed by atoms with Gasteiger partial charge in [-0.25, -0.2) is 0 Å². The predicted molar refractivity (Wildman–Crippen MR) is 51.0 cm³/mol. The maximum absolute atomic E-state index is 8.46. The zero-order valence-electron chi connectivity index (χ0n) is 4.63. The van der Waals surface area contributed by atoms with Gasteiger partial charge in [-0.3, -0.25) is 0 Å². The predicted octanol–water partition coefficient (Wildman–Crippen LogP) is 1.51. The summed E-state index contributed by atoms with van der Waals surface area (Å²) < 4.78 is 1.01. The van der Waals surface area contributed by atoms with Crippen molar-refractivity contribution in [2.24, 2.45) is 0 Å². The van der Waals surface area contributed by atoms with Crippen molar-refractivity contribution in [1.29, 1.82) is 5.26 Å². The van der Waals surface area contributed by atoms with E-state index in [2.05, 4.69) is 28.7 Å². The Balaban J connectivity index is 0.000000810. The molecule has 1 nitrogen and oxygen atoms in total. The van der Waals surface area contributed by atoms with Crippen LogP contribution >= 0.6 is 22.6 Å². The van der Waals surface area contributed by atoms with Crippen LogP contribution in [0, 0.1) is 14.9 Å². The Morgan fingerprint density at radius 3 is 2.30 bits per heavy atom. The quantitative estimate of drug-likeness (QED) is 0.517. The number of hydrogen-bond donors (Lipinski definition) is 0. The zero-order valence-corrected chi connectivity index (χ0v) is 6.79. The minimum atomic E-state index is 0. The average Bonchev–Trinajstić information content (AvgIpc) is 1.89. The first-order valence-corrected chi connectivity index (χ1v) is 3.57. The molecule has 0 saturated carbocycles. The summed E-state index contributed by atoms with van der Waals surface area (Å²) in [4.78, 5) is 0. The van der Waals surface area contributed by atoms with Crippen LogP contribution in [0.2, 0.25) is 0 Å². The van der Waals surface area contributed by atoms with Crippen molar-refractivity contribution >= 4 is 74.0 Å². The molecule has 0 N–H and O–H groups in total. The molecule has 0 heterocycles. The first kappa shape index (κ1) is 11.1. The Kier molecular flexibility index (Phi) is 6.30. The van der Waals surface area contributed by atoms with E-state index in [0.29, 0.717) is 0 Å².